The van der Waals surface area contributed by atoms with Crippen molar-refractivity contribution in [2.75, 3.05) is 20.1 Å². The number of carbonyl (C=O) groups is 1. The molecule has 2 N–H and O–H groups in total. The predicted octanol–water partition coefficient (Wildman–Crippen LogP) is 7.83. The topological polar surface area (TPSA) is 83.9 Å². The second-order valence-corrected chi connectivity index (χ2v) is 13.1. The molecule has 276 valence electrons. The molecule has 5 aromatic rings. The summed E-state index contributed by atoms with van der Waals surface area (Å²) < 4.78 is 82.7. The van der Waals surface area contributed by atoms with Crippen LogP contribution in [0.2, 0.25) is 0 Å². The summed E-state index contributed by atoms with van der Waals surface area (Å²) in [6, 6.07) is 27.9. The summed E-state index contributed by atoms with van der Waals surface area (Å²) in [4.78, 5) is 19.3. The molecule has 2 heterocycles. The highest BCUT2D eigenvalue weighted by atomic mass is 19.2. The third kappa shape index (κ3) is 8.47. The Balaban J connectivity index is 1.20. The Bertz CT molecular complexity index is 2000. The number of hydrogen-bond acceptors (Lipinski definition) is 6. The van der Waals surface area contributed by atoms with Crippen molar-refractivity contribution >= 4 is 5.91 Å². The van der Waals surface area contributed by atoms with E-state index in [1.54, 1.807) is 30.5 Å². The Morgan fingerprint density at radius 1 is 0.811 bits per heavy atom. The van der Waals surface area contributed by atoms with Crippen molar-refractivity contribution in [2.24, 2.45) is 5.92 Å². The largest absolute Gasteiger partial charge is 0.392 e. The monoisotopic (exact) mass is 731 g/mol. The average Bonchev–Trinajstić information content (AvgIpc) is 3.19. The maximum atomic E-state index is 14.3. The third-order valence-corrected chi connectivity index (χ3v) is 9.48. The fraction of sp³-hybridized carbons (Fsp3) is 0.268. The second-order valence-electron chi connectivity index (χ2n) is 13.1. The molecule has 0 spiro atoms. The second kappa shape index (κ2) is 16.8. The van der Waals surface area contributed by atoms with Gasteiger partial charge in [-0.3, -0.25) is 9.78 Å². The Hall–Kier alpha value is -5.01. The van der Waals surface area contributed by atoms with Gasteiger partial charge in [-0.15, -0.1) is 0 Å². The number of nitrogens with one attached hydrogen (secondary N) is 1. The van der Waals surface area contributed by atoms with Crippen LogP contribution in [0.4, 0.5) is 22.0 Å². The van der Waals surface area contributed by atoms with Crippen LogP contribution in [0.5, 0.6) is 0 Å². The fourth-order valence-corrected chi connectivity index (χ4v) is 6.42. The van der Waals surface area contributed by atoms with Crippen molar-refractivity contribution < 1.29 is 41.3 Å². The highest BCUT2D eigenvalue weighted by Gasteiger charge is 2.39. The molecular weight excluding hydrogens is 693 g/mol. The number of ether oxygens (including phenoxy) is 2. The number of nitrogens with zero attached hydrogens (tertiary/aromatic N) is 2. The Morgan fingerprint density at radius 3 is 2.11 bits per heavy atom. The van der Waals surface area contributed by atoms with E-state index in [1.807, 2.05) is 73.8 Å². The number of aliphatic hydroxyl groups excluding tert-OH is 1. The minimum Gasteiger partial charge on any atom is -0.392 e. The standard InChI is InChI=1S/C41H38F5N3O4/c1-24-32(22-49(2)20-18-30-8-5-6-19-47-30)52-41(53-39(24)27-12-10-25(23-50)11-13-27)28-16-14-26(15-17-28)31-9-4-3-7-29(31)21-48-40(51)33-34(42)36(44)38(46)37(45)35(33)43/h3-17,19,24,32,39,41,50H,18,20-23H2,1-2H3,(H,48,51)/t24-,32+,39+,41+/m0/s1. The molecule has 1 aromatic heterocycles. The number of aromatic nitrogens is 1. The fourth-order valence-electron chi connectivity index (χ4n) is 6.42. The average molecular weight is 732 g/mol. The highest BCUT2D eigenvalue weighted by Crippen LogP contribution is 2.42. The molecule has 1 aliphatic rings. The van der Waals surface area contributed by atoms with Crippen LogP contribution >= 0.6 is 0 Å². The summed E-state index contributed by atoms with van der Waals surface area (Å²) >= 11 is 0. The molecule has 0 bridgehead atoms. The van der Waals surface area contributed by atoms with Crippen LogP contribution in [0.3, 0.4) is 0 Å². The van der Waals surface area contributed by atoms with Crippen molar-refractivity contribution in [3.63, 3.8) is 0 Å². The quantitative estimate of drug-likeness (QED) is 0.0774. The predicted molar refractivity (Wildman–Crippen MR) is 188 cm³/mol. The van der Waals surface area contributed by atoms with Gasteiger partial charge in [-0.05, 0) is 47.0 Å². The maximum Gasteiger partial charge on any atom is 0.257 e. The van der Waals surface area contributed by atoms with Gasteiger partial charge in [0.2, 0.25) is 5.82 Å². The molecule has 12 heteroatoms. The number of aliphatic hydroxyl groups is 1. The normalized spacial score (nSPS) is 18.7. The van der Waals surface area contributed by atoms with E-state index in [9.17, 15) is 31.9 Å². The Kier molecular flexibility index (Phi) is 11.9. The molecule has 1 amide bonds. The lowest BCUT2D eigenvalue weighted by molar-refractivity contribution is -0.275. The van der Waals surface area contributed by atoms with E-state index in [2.05, 4.69) is 22.1 Å². The number of halogens is 5. The van der Waals surface area contributed by atoms with Gasteiger partial charge < -0.3 is 24.8 Å². The number of hydrogen-bond donors (Lipinski definition) is 2. The van der Waals surface area contributed by atoms with E-state index < -0.39 is 46.8 Å². The molecule has 0 saturated carbocycles. The van der Waals surface area contributed by atoms with Gasteiger partial charge in [-0.25, -0.2) is 22.0 Å². The van der Waals surface area contributed by atoms with Gasteiger partial charge in [0.05, 0.1) is 18.8 Å². The smallest absolute Gasteiger partial charge is 0.257 e. The van der Waals surface area contributed by atoms with Gasteiger partial charge in [-0.1, -0.05) is 85.8 Å². The minimum atomic E-state index is -2.34. The minimum absolute atomic E-state index is 0.0188. The molecule has 0 unspecified atom stereocenters. The van der Waals surface area contributed by atoms with E-state index >= 15 is 0 Å². The molecule has 0 aliphatic carbocycles. The zero-order valence-corrected chi connectivity index (χ0v) is 29.0. The molecule has 53 heavy (non-hydrogen) atoms. The summed E-state index contributed by atoms with van der Waals surface area (Å²) in [5, 5.41) is 11.9. The molecule has 4 aromatic carbocycles. The molecule has 0 radical (unpaired) electrons. The van der Waals surface area contributed by atoms with Crippen LogP contribution in [-0.4, -0.2) is 47.1 Å². The van der Waals surface area contributed by atoms with Gasteiger partial charge >= 0.3 is 0 Å². The van der Waals surface area contributed by atoms with E-state index in [-0.39, 0.29) is 31.3 Å². The van der Waals surface area contributed by atoms with Crippen molar-refractivity contribution in [1.82, 2.24) is 15.2 Å². The van der Waals surface area contributed by atoms with Crippen LogP contribution in [-0.2, 0) is 29.0 Å². The SMILES string of the molecule is C[C@H]1[C@@H](CN(C)CCc2ccccn2)O[C@@H](c2ccc(-c3ccccc3CNC(=O)c3c(F)c(F)c(F)c(F)c3F)cc2)O[C@H]1c1ccc(CO)cc1. The molecule has 1 aliphatic heterocycles. The van der Waals surface area contributed by atoms with Crippen LogP contribution in [0, 0.1) is 35.0 Å². The van der Waals surface area contributed by atoms with Crippen molar-refractivity contribution in [3.8, 4) is 11.1 Å². The first-order chi connectivity index (χ1) is 25.5. The number of carbonyl (C=O) groups excluding carboxylic acids is 1. The number of amides is 1. The number of likely N-dealkylation sites (N-methyl/N-ethyl adjacent to an activating group) is 1. The van der Waals surface area contributed by atoms with Crippen molar-refractivity contribution in [1.29, 1.82) is 0 Å². The third-order valence-electron chi connectivity index (χ3n) is 9.48. The summed E-state index contributed by atoms with van der Waals surface area (Å²) in [6.07, 6.45) is 1.34. The molecule has 6 rings (SSSR count). The van der Waals surface area contributed by atoms with Crippen LogP contribution in [0.25, 0.3) is 11.1 Å². The number of benzene rings is 4. The molecular formula is C41H38F5N3O4. The summed E-state index contributed by atoms with van der Waals surface area (Å²) in [7, 11) is 2.05. The Morgan fingerprint density at radius 2 is 1.45 bits per heavy atom. The van der Waals surface area contributed by atoms with E-state index in [0.717, 1.165) is 40.9 Å². The maximum absolute atomic E-state index is 14.3. The number of rotatable bonds is 12. The van der Waals surface area contributed by atoms with E-state index in [1.165, 1.54) is 0 Å². The summed E-state index contributed by atoms with van der Waals surface area (Å²) in [5.41, 5.74) is 3.92. The van der Waals surface area contributed by atoms with Gasteiger partial charge in [0.1, 0.15) is 5.56 Å². The van der Waals surface area contributed by atoms with Crippen molar-refractivity contribution in [2.45, 2.75) is 45.0 Å². The first-order valence-electron chi connectivity index (χ1n) is 17.1. The molecule has 1 fully saturated rings. The summed E-state index contributed by atoms with van der Waals surface area (Å²) in [6.45, 7) is 3.20. The van der Waals surface area contributed by atoms with Crippen LogP contribution in [0.15, 0.2) is 97.2 Å². The lowest BCUT2D eigenvalue weighted by atomic mass is 9.90. The van der Waals surface area contributed by atoms with Crippen molar-refractivity contribution in [3.05, 3.63) is 160 Å². The van der Waals surface area contributed by atoms with Gasteiger partial charge in [0, 0.05) is 49.4 Å². The first-order valence-corrected chi connectivity index (χ1v) is 17.1. The van der Waals surface area contributed by atoms with Gasteiger partial charge in [0.25, 0.3) is 5.91 Å². The van der Waals surface area contributed by atoms with E-state index in [0.29, 0.717) is 17.7 Å². The van der Waals surface area contributed by atoms with Crippen LogP contribution in [0.1, 0.15) is 57.6 Å². The zero-order valence-electron chi connectivity index (χ0n) is 29.0. The lowest BCUT2D eigenvalue weighted by Gasteiger charge is -2.42. The van der Waals surface area contributed by atoms with Gasteiger partial charge in [-0.2, -0.15) is 0 Å². The number of pyridine rings is 1. The molecule has 4 atom stereocenters. The molecule has 1 saturated heterocycles. The first kappa shape index (κ1) is 37.7. The summed E-state index contributed by atoms with van der Waals surface area (Å²) in [5.74, 6) is -12.6. The van der Waals surface area contributed by atoms with E-state index in [4.69, 9.17) is 9.47 Å². The molecule has 7 nitrogen and oxygen atoms in total. The Labute approximate surface area is 304 Å². The lowest BCUT2D eigenvalue weighted by Crippen LogP contribution is -2.43. The zero-order chi connectivity index (χ0) is 37.6. The van der Waals surface area contributed by atoms with Crippen LogP contribution < -0.4 is 5.32 Å². The van der Waals surface area contributed by atoms with Gasteiger partial charge in [0.15, 0.2) is 29.6 Å². The highest BCUT2D eigenvalue weighted by molar-refractivity contribution is 5.95.